The van der Waals surface area contributed by atoms with E-state index in [4.69, 9.17) is 0 Å². The molecule has 2 aliphatic carbocycles. The van der Waals surface area contributed by atoms with Gasteiger partial charge in [-0.2, -0.15) is 22.0 Å². The first kappa shape index (κ1) is 36.8. The zero-order valence-electron chi connectivity index (χ0n) is 27.4. The minimum absolute atomic E-state index is 0.161. The molecular formula is C39H41F9O. The molecule has 0 aromatic heterocycles. The Labute approximate surface area is 281 Å². The predicted molar refractivity (Wildman–Crippen MR) is 172 cm³/mol. The van der Waals surface area contributed by atoms with Gasteiger partial charge in [0.25, 0.3) is 0 Å². The molecule has 0 atom stereocenters. The number of benzene rings is 3. The number of ether oxygens (including phenoxy) is 1. The molecule has 0 radical (unpaired) electrons. The van der Waals surface area contributed by atoms with Crippen molar-refractivity contribution >= 4 is 6.08 Å². The van der Waals surface area contributed by atoms with Crippen molar-refractivity contribution < 1.29 is 44.3 Å². The van der Waals surface area contributed by atoms with Gasteiger partial charge in [-0.05, 0) is 110 Å². The van der Waals surface area contributed by atoms with Crippen molar-refractivity contribution in [2.45, 2.75) is 102 Å². The lowest BCUT2D eigenvalue weighted by Gasteiger charge is -2.38. The molecule has 2 aliphatic rings. The summed E-state index contributed by atoms with van der Waals surface area (Å²) in [5.74, 6) is -3.92. The van der Waals surface area contributed by atoms with Crippen LogP contribution in [0.25, 0.3) is 17.2 Å². The Morgan fingerprint density at radius 3 is 1.90 bits per heavy atom. The highest BCUT2D eigenvalue weighted by Crippen LogP contribution is 2.45. The van der Waals surface area contributed by atoms with Gasteiger partial charge in [0.1, 0.15) is 34.6 Å². The van der Waals surface area contributed by atoms with E-state index < -0.39 is 52.4 Å². The summed E-state index contributed by atoms with van der Waals surface area (Å²) in [7, 11) is 0. The highest BCUT2D eigenvalue weighted by Gasteiger charge is 2.41. The van der Waals surface area contributed by atoms with Crippen LogP contribution in [0.15, 0.2) is 54.6 Å². The summed E-state index contributed by atoms with van der Waals surface area (Å²) < 4.78 is 131. The first-order valence-corrected chi connectivity index (χ1v) is 17.2. The molecule has 0 saturated heterocycles. The van der Waals surface area contributed by atoms with E-state index in [1.807, 2.05) is 0 Å². The average Bonchev–Trinajstić information content (AvgIpc) is 3.04. The van der Waals surface area contributed by atoms with E-state index in [0.717, 1.165) is 55.2 Å². The molecule has 3 aromatic rings. The van der Waals surface area contributed by atoms with Crippen LogP contribution in [0.1, 0.15) is 107 Å². The Kier molecular flexibility index (Phi) is 11.8. The molecule has 10 heteroatoms. The van der Waals surface area contributed by atoms with Gasteiger partial charge in [0.15, 0.2) is 0 Å². The fourth-order valence-electron chi connectivity index (χ4n) is 7.67. The summed E-state index contributed by atoms with van der Waals surface area (Å²) in [6.07, 6.45) is 5.25. The second-order valence-electron chi connectivity index (χ2n) is 13.6. The molecule has 3 aromatic carbocycles. The molecule has 1 nitrogen and oxygen atoms in total. The van der Waals surface area contributed by atoms with Crippen molar-refractivity contribution in [3.05, 3.63) is 94.6 Å². The third kappa shape index (κ3) is 9.43. The van der Waals surface area contributed by atoms with Crippen molar-refractivity contribution in [1.29, 1.82) is 0 Å². The van der Waals surface area contributed by atoms with Gasteiger partial charge in [0.05, 0.1) is 0 Å². The minimum Gasteiger partial charge on any atom is -0.429 e. The van der Waals surface area contributed by atoms with Crippen LogP contribution < -0.4 is 4.74 Å². The monoisotopic (exact) mass is 696 g/mol. The molecule has 0 aliphatic heterocycles. The lowest BCUT2D eigenvalue weighted by atomic mass is 9.68. The van der Waals surface area contributed by atoms with Crippen molar-refractivity contribution in [2.24, 2.45) is 17.8 Å². The van der Waals surface area contributed by atoms with Crippen LogP contribution in [-0.4, -0.2) is 6.18 Å². The number of allylic oxidation sites excluding steroid dienone is 1. The Morgan fingerprint density at radius 1 is 0.694 bits per heavy atom. The normalized spacial score (nSPS) is 22.1. The number of halogens is 9. The summed E-state index contributed by atoms with van der Waals surface area (Å²) in [6, 6.07) is 7.47. The molecule has 0 heterocycles. The summed E-state index contributed by atoms with van der Waals surface area (Å²) in [5, 5.41) is 0. The number of alkyl halides is 5. The van der Waals surface area contributed by atoms with Crippen LogP contribution in [0.3, 0.4) is 0 Å². The van der Waals surface area contributed by atoms with E-state index in [0.29, 0.717) is 30.2 Å². The van der Waals surface area contributed by atoms with E-state index in [1.54, 1.807) is 6.07 Å². The molecule has 0 bridgehead atoms. The first-order valence-electron chi connectivity index (χ1n) is 17.2. The Morgan fingerprint density at radius 2 is 1.33 bits per heavy atom. The molecule has 266 valence electrons. The lowest BCUT2D eigenvalue weighted by Crippen LogP contribution is -2.25. The number of hydrogen-bond donors (Lipinski definition) is 0. The van der Waals surface area contributed by atoms with Crippen LogP contribution in [0.5, 0.6) is 5.75 Å². The molecule has 0 spiro atoms. The molecule has 2 fully saturated rings. The molecule has 49 heavy (non-hydrogen) atoms. The van der Waals surface area contributed by atoms with Crippen LogP contribution in [0.4, 0.5) is 39.5 Å². The van der Waals surface area contributed by atoms with Gasteiger partial charge in [-0.3, -0.25) is 0 Å². The largest absolute Gasteiger partial charge is 0.432 e. The van der Waals surface area contributed by atoms with Gasteiger partial charge in [0.2, 0.25) is 0 Å². The number of unbranched alkanes of at least 4 members (excludes halogenated alkanes) is 2. The summed E-state index contributed by atoms with van der Waals surface area (Å²) >= 11 is 0. The Bertz CT molecular complexity index is 1570. The Balaban J connectivity index is 1.21. The summed E-state index contributed by atoms with van der Waals surface area (Å²) in [6.45, 7) is 2.23. The van der Waals surface area contributed by atoms with Crippen LogP contribution in [0, 0.1) is 41.0 Å². The van der Waals surface area contributed by atoms with Gasteiger partial charge in [-0.1, -0.05) is 57.6 Å². The van der Waals surface area contributed by atoms with Crippen molar-refractivity contribution in [3.63, 3.8) is 0 Å². The molecule has 0 amide bonds. The van der Waals surface area contributed by atoms with Crippen LogP contribution >= 0.6 is 0 Å². The van der Waals surface area contributed by atoms with Crippen LogP contribution in [-0.2, 0) is 6.11 Å². The minimum atomic E-state index is -4.73. The predicted octanol–water partition coefficient (Wildman–Crippen LogP) is 13.3. The maximum Gasteiger partial charge on any atom is 0.432 e. The second-order valence-corrected chi connectivity index (χ2v) is 13.6. The smallest absolute Gasteiger partial charge is 0.429 e. The van der Waals surface area contributed by atoms with E-state index in [1.165, 1.54) is 63.5 Å². The fourth-order valence-corrected chi connectivity index (χ4v) is 7.67. The first-order chi connectivity index (χ1) is 23.2. The van der Waals surface area contributed by atoms with E-state index >= 15 is 13.2 Å². The lowest BCUT2D eigenvalue weighted by molar-refractivity contribution is -0.189. The summed E-state index contributed by atoms with van der Waals surface area (Å²) in [5.41, 5.74) is -2.01. The van der Waals surface area contributed by atoms with E-state index in [9.17, 15) is 26.3 Å². The average molecular weight is 697 g/mol. The highest BCUT2D eigenvalue weighted by molar-refractivity contribution is 5.65. The van der Waals surface area contributed by atoms with E-state index in [2.05, 4.69) is 11.7 Å². The van der Waals surface area contributed by atoms with Crippen LogP contribution in [0.2, 0.25) is 0 Å². The van der Waals surface area contributed by atoms with Gasteiger partial charge in [-0.15, -0.1) is 0 Å². The van der Waals surface area contributed by atoms with Gasteiger partial charge >= 0.3 is 12.3 Å². The number of rotatable bonds is 11. The topological polar surface area (TPSA) is 9.23 Å². The van der Waals surface area contributed by atoms with E-state index in [-0.39, 0.29) is 23.1 Å². The molecule has 2 saturated carbocycles. The third-order valence-electron chi connectivity index (χ3n) is 10.3. The van der Waals surface area contributed by atoms with Crippen molar-refractivity contribution in [2.75, 3.05) is 0 Å². The molecule has 0 N–H and O–H groups in total. The quantitative estimate of drug-likeness (QED) is 0.143. The summed E-state index contributed by atoms with van der Waals surface area (Å²) in [4.78, 5) is 0. The van der Waals surface area contributed by atoms with Crippen molar-refractivity contribution in [1.82, 2.24) is 0 Å². The number of hydrogen-bond acceptors (Lipinski definition) is 1. The Hall–Kier alpha value is -3.43. The molecular weight excluding hydrogens is 655 g/mol. The van der Waals surface area contributed by atoms with Crippen molar-refractivity contribution in [3.8, 4) is 16.9 Å². The van der Waals surface area contributed by atoms with Gasteiger partial charge < -0.3 is 4.74 Å². The second kappa shape index (κ2) is 15.6. The fraction of sp³-hybridized carbons (Fsp3) is 0.487. The SMILES string of the molecule is CCCCCC1CCC(C2CCC(c3ccc(-c4cc(F)c(C(F)(F)Oc5ccc(C=CC(F)(F)F)c(F)c5)c(F)c4)c(F)c3)CC2)CC1. The zero-order valence-corrected chi connectivity index (χ0v) is 27.4. The van der Waals surface area contributed by atoms with Gasteiger partial charge in [-0.25, -0.2) is 17.6 Å². The highest BCUT2D eigenvalue weighted by atomic mass is 19.4. The van der Waals surface area contributed by atoms with Gasteiger partial charge in [0, 0.05) is 23.3 Å². The zero-order chi connectivity index (χ0) is 35.3. The molecule has 5 rings (SSSR count). The maximum atomic E-state index is 15.4. The maximum absolute atomic E-state index is 15.4. The standard InChI is InChI=1S/C39H41F9O/c1-2-3-4-5-24-6-8-25(9-7-24)26-10-12-27(13-11-26)29-15-17-32(34(41)20-29)30-21-35(42)37(36(43)22-30)39(47,48)49-31-16-14-28(33(40)23-31)18-19-38(44,45)46/h14-27H,2-13H2,1H3. The molecule has 0 unspecified atom stereocenters. The third-order valence-corrected chi connectivity index (χ3v) is 10.3.